The maximum atomic E-state index is 12.2. The summed E-state index contributed by atoms with van der Waals surface area (Å²) in [6.45, 7) is 2.32. The molecule has 1 aromatic heterocycles. The van der Waals surface area contributed by atoms with E-state index >= 15 is 0 Å². The topological polar surface area (TPSA) is 69.6 Å². The van der Waals surface area contributed by atoms with Crippen molar-refractivity contribution in [1.29, 1.82) is 0 Å². The molecule has 1 unspecified atom stereocenters. The average Bonchev–Trinajstić information content (AvgIpc) is 3.08. The Bertz CT molecular complexity index is 447. The van der Waals surface area contributed by atoms with Crippen LogP contribution in [0.25, 0.3) is 0 Å². The first-order valence-corrected chi connectivity index (χ1v) is 7.27. The van der Waals surface area contributed by atoms with Crippen LogP contribution in [0.1, 0.15) is 29.4 Å². The van der Waals surface area contributed by atoms with Crippen LogP contribution in [0, 0.1) is 0 Å². The molecule has 104 valence electrons. The summed E-state index contributed by atoms with van der Waals surface area (Å²) in [6.07, 6.45) is 1.73. The van der Waals surface area contributed by atoms with Crippen LogP contribution in [0.2, 0.25) is 0 Å². The van der Waals surface area contributed by atoms with Crippen molar-refractivity contribution in [3.05, 3.63) is 22.4 Å². The number of aliphatic hydroxyl groups is 1. The van der Waals surface area contributed by atoms with Crippen molar-refractivity contribution in [3.63, 3.8) is 0 Å². The van der Waals surface area contributed by atoms with Gasteiger partial charge in [0.05, 0.1) is 17.5 Å². The zero-order chi connectivity index (χ0) is 13.8. The molecule has 6 heteroatoms. The van der Waals surface area contributed by atoms with E-state index in [1.165, 1.54) is 11.3 Å². The van der Waals surface area contributed by atoms with Crippen LogP contribution in [0.3, 0.4) is 0 Å². The van der Waals surface area contributed by atoms with E-state index in [-0.39, 0.29) is 24.5 Å². The van der Waals surface area contributed by atoms with Crippen LogP contribution in [0.5, 0.6) is 0 Å². The van der Waals surface area contributed by atoms with Gasteiger partial charge in [0.25, 0.3) is 5.91 Å². The standard InChI is InChI=1S/C13H18N2O3S/c1-9(14-12(17)11-5-3-7-19-11)13(18)15-6-2-4-10(15)8-16/h3,5,7,9-10,16H,2,4,6,8H2,1H3,(H,14,17)/t9?,10-/m0/s1. The number of amides is 2. The van der Waals surface area contributed by atoms with Crippen molar-refractivity contribution < 1.29 is 14.7 Å². The van der Waals surface area contributed by atoms with Crippen LogP contribution in [-0.2, 0) is 4.79 Å². The minimum Gasteiger partial charge on any atom is -0.394 e. The fourth-order valence-corrected chi connectivity index (χ4v) is 2.93. The van der Waals surface area contributed by atoms with Crippen LogP contribution in [-0.4, -0.2) is 47.1 Å². The van der Waals surface area contributed by atoms with Gasteiger partial charge in [-0.05, 0) is 31.2 Å². The summed E-state index contributed by atoms with van der Waals surface area (Å²) >= 11 is 1.35. The molecule has 0 spiro atoms. The summed E-state index contributed by atoms with van der Waals surface area (Å²) in [4.78, 5) is 26.4. The summed E-state index contributed by atoms with van der Waals surface area (Å²) in [6, 6.07) is 2.85. The van der Waals surface area contributed by atoms with Crippen LogP contribution in [0.4, 0.5) is 0 Å². The Morgan fingerprint density at radius 2 is 2.42 bits per heavy atom. The minimum atomic E-state index is -0.568. The number of nitrogens with one attached hydrogen (secondary N) is 1. The van der Waals surface area contributed by atoms with E-state index in [9.17, 15) is 14.7 Å². The summed E-state index contributed by atoms with van der Waals surface area (Å²) in [5.74, 6) is -0.350. The Hall–Kier alpha value is -1.40. The molecule has 5 nitrogen and oxygen atoms in total. The van der Waals surface area contributed by atoms with Crippen molar-refractivity contribution in [2.45, 2.75) is 31.8 Å². The molecule has 2 rings (SSSR count). The van der Waals surface area contributed by atoms with Crippen LogP contribution in [0.15, 0.2) is 17.5 Å². The molecular formula is C13H18N2O3S. The Morgan fingerprint density at radius 3 is 3.05 bits per heavy atom. The predicted molar refractivity (Wildman–Crippen MR) is 73.1 cm³/mol. The quantitative estimate of drug-likeness (QED) is 0.860. The first-order valence-electron chi connectivity index (χ1n) is 6.39. The molecule has 19 heavy (non-hydrogen) atoms. The lowest BCUT2D eigenvalue weighted by atomic mass is 10.2. The van der Waals surface area contributed by atoms with Crippen molar-refractivity contribution in [1.82, 2.24) is 10.2 Å². The fourth-order valence-electron chi connectivity index (χ4n) is 2.30. The number of aliphatic hydroxyl groups excluding tert-OH is 1. The van der Waals surface area contributed by atoms with Gasteiger partial charge in [-0.1, -0.05) is 6.07 Å². The predicted octanol–water partition coefficient (Wildman–Crippen LogP) is 0.850. The Morgan fingerprint density at radius 1 is 1.63 bits per heavy atom. The maximum Gasteiger partial charge on any atom is 0.261 e. The van der Waals surface area contributed by atoms with Gasteiger partial charge in [0.2, 0.25) is 5.91 Å². The highest BCUT2D eigenvalue weighted by Crippen LogP contribution is 2.18. The third kappa shape index (κ3) is 3.13. The monoisotopic (exact) mass is 282 g/mol. The van der Waals surface area contributed by atoms with Crippen molar-refractivity contribution in [2.75, 3.05) is 13.2 Å². The molecule has 1 saturated heterocycles. The lowest BCUT2D eigenvalue weighted by Crippen LogP contribution is -2.49. The van der Waals surface area contributed by atoms with Crippen LogP contribution >= 0.6 is 11.3 Å². The molecule has 0 saturated carbocycles. The normalized spacial score (nSPS) is 20.3. The number of rotatable bonds is 4. The van der Waals surface area contributed by atoms with Crippen molar-refractivity contribution >= 4 is 23.2 Å². The first-order chi connectivity index (χ1) is 9.13. The fraction of sp³-hybridized carbons (Fsp3) is 0.538. The Labute approximate surface area is 116 Å². The van der Waals surface area contributed by atoms with E-state index in [0.29, 0.717) is 11.4 Å². The van der Waals surface area contributed by atoms with E-state index in [2.05, 4.69) is 5.32 Å². The number of hydrogen-bond donors (Lipinski definition) is 2. The molecule has 2 heterocycles. The Kier molecular flexibility index (Phi) is 4.55. The molecule has 0 bridgehead atoms. The molecule has 1 fully saturated rings. The molecule has 1 aromatic rings. The molecule has 1 aliphatic heterocycles. The molecule has 2 N–H and O–H groups in total. The van der Waals surface area contributed by atoms with E-state index in [1.54, 1.807) is 24.0 Å². The van der Waals surface area contributed by atoms with E-state index < -0.39 is 6.04 Å². The number of carbonyl (C=O) groups is 2. The molecule has 0 radical (unpaired) electrons. The zero-order valence-electron chi connectivity index (χ0n) is 10.8. The number of carbonyl (C=O) groups excluding carboxylic acids is 2. The second-order valence-electron chi connectivity index (χ2n) is 4.68. The van der Waals surface area contributed by atoms with E-state index in [1.807, 2.05) is 5.38 Å². The van der Waals surface area contributed by atoms with Gasteiger partial charge < -0.3 is 15.3 Å². The SMILES string of the molecule is CC(NC(=O)c1cccs1)C(=O)N1CCC[C@H]1CO. The second kappa shape index (κ2) is 6.16. The third-order valence-corrected chi connectivity index (χ3v) is 4.20. The van der Waals surface area contributed by atoms with Gasteiger partial charge in [-0.2, -0.15) is 0 Å². The lowest BCUT2D eigenvalue weighted by Gasteiger charge is -2.26. The molecule has 0 aliphatic carbocycles. The third-order valence-electron chi connectivity index (χ3n) is 3.33. The summed E-state index contributed by atoms with van der Waals surface area (Å²) in [7, 11) is 0. The molecular weight excluding hydrogens is 264 g/mol. The number of nitrogens with zero attached hydrogens (tertiary/aromatic N) is 1. The van der Waals surface area contributed by atoms with Crippen LogP contribution < -0.4 is 5.32 Å². The highest BCUT2D eigenvalue weighted by atomic mass is 32.1. The smallest absolute Gasteiger partial charge is 0.261 e. The first kappa shape index (κ1) is 14.0. The highest BCUT2D eigenvalue weighted by molar-refractivity contribution is 7.12. The van der Waals surface area contributed by atoms with Gasteiger partial charge in [0.1, 0.15) is 6.04 Å². The molecule has 2 amide bonds. The van der Waals surface area contributed by atoms with Gasteiger partial charge in [-0.15, -0.1) is 11.3 Å². The van der Waals surface area contributed by atoms with E-state index in [0.717, 1.165) is 12.8 Å². The van der Waals surface area contributed by atoms with E-state index in [4.69, 9.17) is 0 Å². The number of thiophene rings is 1. The second-order valence-corrected chi connectivity index (χ2v) is 5.63. The molecule has 2 atom stereocenters. The van der Waals surface area contributed by atoms with Crippen molar-refractivity contribution in [3.8, 4) is 0 Å². The number of likely N-dealkylation sites (tertiary alicyclic amines) is 1. The summed E-state index contributed by atoms with van der Waals surface area (Å²) in [5.41, 5.74) is 0. The van der Waals surface area contributed by atoms with Gasteiger partial charge in [0.15, 0.2) is 0 Å². The number of hydrogen-bond acceptors (Lipinski definition) is 4. The molecule has 0 aromatic carbocycles. The maximum absolute atomic E-state index is 12.2. The minimum absolute atomic E-state index is 0.0165. The Balaban J connectivity index is 1.94. The van der Waals surface area contributed by atoms with Gasteiger partial charge in [-0.25, -0.2) is 0 Å². The summed E-state index contributed by atoms with van der Waals surface area (Å²) < 4.78 is 0. The van der Waals surface area contributed by atoms with Gasteiger partial charge in [-0.3, -0.25) is 9.59 Å². The zero-order valence-corrected chi connectivity index (χ0v) is 11.7. The summed E-state index contributed by atoms with van der Waals surface area (Å²) in [5, 5.41) is 13.7. The average molecular weight is 282 g/mol. The lowest BCUT2D eigenvalue weighted by molar-refractivity contribution is -0.134. The van der Waals surface area contributed by atoms with Gasteiger partial charge in [0, 0.05) is 6.54 Å². The van der Waals surface area contributed by atoms with Gasteiger partial charge >= 0.3 is 0 Å². The highest BCUT2D eigenvalue weighted by Gasteiger charge is 2.31. The largest absolute Gasteiger partial charge is 0.394 e. The van der Waals surface area contributed by atoms with Crippen molar-refractivity contribution in [2.24, 2.45) is 0 Å². The molecule has 1 aliphatic rings.